The van der Waals surface area contributed by atoms with Gasteiger partial charge < -0.3 is 0 Å². The SMILES string of the molecule is CSc1ccc(C(=O)c2c(F)cccc2F)cc1. The Hall–Kier alpha value is -1.68. The van der Waals surface area contributed by atoms with Crippen LogP contribution in [0.1, 0.15) is 15.9 Å². The van der Waals surface area contributed by atoms with Crippen LogP contribution < -0.4 is 0 Å². The Bertz CT molecular complexity index is 559. The van der Waals surface area contributed by atoms with Gasteiger partial charge in [0, 0.05) is 10.5 Å². The van der Waals surface area contributed by atoms with E-state index in [9.17, 15) is 13.6 Å². The first kappa shape index (κ1) is 12.8. The van der Waals surface area contributed by atoms with E-state index in [1.165, 1.54) is 17.8 Å². The molecule has 92 valence electrons. The highest BCUT2D eigenvalue weighted by Crippen LogP contribution is 2.20. The molecule has 2 aromatic carbocycles. The number of carbonyl (C=O) groups excluding carboxylic acids is 1. The van der Waals surface area contributed by atoms with Gasteiger partial charge in [-0.15, -0.1) is 11.8 Å². The Balaban J connectivity index is 2.41. The van der Waals surface area contributed by atoms with E-state index in [0.717, 1.165) is 17.0 Å². The van der Waals surface area contributed by atoms with Crippen LogP contribution in [0.25, 0.3) is 0 Å². The van der Waals surface area contributed by atoms with Crippen molar-refractivity contribution >= 4 is 17.5 Å². The third-order valence-electron chi connectivity index (χ3n) is 2.54. The average molecular weight is 264 g/mol. The number of hydrogen-bond acceptors (Lipinski definition) is 2. The van der Waals surface area contributed by atoms with Crippen molar-refractivity contribution in [1.29, 1.82) is 0 Å². The molecule has 0 unspecified atom stereocenters. The molecule has 0 saturated carbocycles. The number of thioether (sulfide) groups is 1. The van der Waals surface area contributed by atoms with Gasteiger partial charge in [-0.1, -0.05) is 6.07 Å². The van der Waals surface area contributed by atoms with E-state index in [1.807, 2.05) is 6.26 Å². The summed E-state index contributed by atoms with van der Waals surface area (Å²) in [6.45, 7) is 0. The molecule has 0 radical (unpaired) electrons. The summed E-state index contributed by atoms with van der Waals surface area (Å²) in [5.41, 5.74) is -0.230. The maximum Gasteiger partial charge on any atom is 0.198 e. The number of ketones is 1. The third-order valence-corrected chi connectivity index (χ3v) is 3.29. The molecule has 0 aliphatic rings. The van der Waals surface area contributed by atoms with Crippen LogP contribution in [-0.2, 0) is 0 Å². The lowest BCUT2D eigenvalue weighted by atomic mass is 10.0. The highest BCUT2D eigenvalue weighted by Gasteiger charge is 2.18. The summed E-state index contributed by atoms with van der Waals surface area (Å²) < 4.78 is 26.9. The number of halogens is 2. The van der Waals surface area contributed by atoms with Crippen molar-refractivity contribution in [2.45, 2.75) is 4.90 Å². The fourth-order valence-corrected chi connectivity index (χ4v) is 2.01. The molecule has 0 heterocycles. The van der Waals surface area contributed by atoms with E-state index in [2.05, 4.69) is 0 Å². The molecule has 0 aromatic heterocycles. The number of rotatable bonds is 3. The van der Waals surface area contributed by atoms with Crippen molar-refractivity contribution in [3.63, 3.8) is 0 Å². The van der Waals surface area contributed by atoms with Crippen molar-refractivity contribution in [1.82, 2.24) is 0 Å². The molecule has 0 saturated heterocycles. The minimum Gasteiger partial charge on any atom is -0.288 e. The molecular formula is C14H10F2OS. The molecule has 0 aliphatic heterocycles. The van der Waals surface area contributed by atoms with Gasteiger partial charge >= 0.3 is 0 Å². The molecule has 0 N–H and O–H groups in total. The van der Waals surface area contributed by atoms with Gasteiger partial charge in [0.15, 0.2) is 5.78 Å². The molecule has 0 bridgehead atoms. The second-order valence-electron chi connectivity index (χ2n) is 3.65. The smallest absolute Gasteiger partial charge is 0.198 e. The topological polar surface area (TPSA) is 17.1 Å². The zero-order chi connectivity index (χ0) is 13.1. The monoisotopic (exact) mass is 264 g/mol. The quantitative estimate of drug-likeness (QED) is 0.617. The van der Waals surface area contributed by atoms with E-state index in [0.29, 0.717) is 0 Å². The lowest BCUT2D eigenvalue weighted by Gasteiger charge is -2.04. The summed E-state index contributed by atoms with van der Waals surface area (Å²) in [6.07, 6.45) is 1.91. The zero-order valence-electron chi connectivity index (χ0n) is 9.61. The fourth-order valence-electron chi connectivity index (χ4n) is 1.60. The summed E-state index contributed by atoms with van der Waals surface area (Å²) in [5.74, 6) is -2.32. The molecule has 0 aliphatic carbocycles. The van der Waals surface area contributed by atoms with E-state index >= 15 is 0 Å². The molecule has 0 fully saturated rings. The van der Waals surface area contributed by atoms with Crippen LogP contribution in [0.15, 0.2) is 47.4 Å². The Morgan fingerprint density at radius 2 is 1.56 bits per heavy atom. The molecule has 4 heteroatoms. The van der Waals surface area contributed by atoms with Gasteiger partial charge in [-0.25, -0.2) is 8.78 Å². The number of hydrogen-bond donors (Lipinski definition) is 0. The van der Waals surface area contributed by atoms with Gasteiger partial charge in [0.2, 0.25) is 0 Å². The van der Waals surface area contributed by atoms with E-state index in [1.54, 1.807) is 24.3 Å². The predicted octanol–water partition coefficient (Wildman–Crippen LogP) is 3.92. The van der Waals surface area contributed by atoms with Gasteiger partial charge in [-0.2, -0.15) is 0 Å². The molecule has 2 rings (SSSR count). The van der Waals surface area contributed by atoms with Gasteiger partial charge in [-0.3, -0.25) is 4.79 Å². The van der Waals surface area contributed by atoms with Gasteiger partial charge in [0.05, 0.1) is 5.56 Å². The molecule has 0 spiro atoms. The van der Waals surface area contributed by atoms with Crippen molar-refractivity contribution in [3.05, 3.63) is 65.2 Å². The normalized spacial score (nSPS) is 10.4. The maximum atomic E-state index is 13.5. The molecule has 0 atom stereocenters. The maximum absolute atomic E-state index is 13.5. The van der Waals surface area contributed by atoms with Crippen LogP contribution in [0.3, 0.4) is 0 Å². The van der Waals surface area contributed by atoms with Crippen LogP contribution >= 0.6 is 11.8 Å². The lowest BCUT2D eigenvalue weighted by Crippen LogP contribution is -2.07. The Labute approximate surface area is 108 Å². The molecule has 18 heavy (non-hydrogen) atoms. The van der Waals surface area contributed by atoms with Crippen LogP contribution in [0.5, 0.6) is 0 Å². The third kappa shape index (κ3) is 2.43. The number of carbonyl (C=O) groups is 1. The zero-order valence-corrected chi connectivity index (χ0v) is 10.4. The van der Waals surface area contributed by atoms with Crippen molar-refractivity contribution in [2.75, 3.05) is 6.26 Å². The first-order valence-electron chi connectivity index (χ1n) is 5.26. The van der Waals surface area contributed by atoms with Crippen LogP contribution in [0.4, 0.5) is 8.78 Å². The van der Waals surface area contributed by atoms with Crippen LogP contribution in [0.2, 0.25) is 0 Å². The van der Waals surface area contributed by atoms with E-state index < -0.39 is 23.0 Å². The number of benzene rings is 2. The average Bonchev–Trinajstić information content (AvgIpc) is 2.38. The standard InChI is InChI=1S/C14H10F2OS/c1-18-10-7-5-9(6-8-10)14(17)13-11(15)3-2-4-12(13)16/h2-8H,1H3. The molecule has 0 amide bonds. The lowest BCUT2D eigenvalue weighted by molar-refractivity contribution is 0.103. The summed E-state index contributed by atoms with van der Waals surface area (Å²) in [5, 5.41) is 0. The van der Waals surface area contributed by atoms with Crippen molar-refractivity contribution in [2.24, 2.45) is 0 Å². The minimum absolute atomic E-state index is 0.275. The van der Waals surface area contributed by atoms with Crippen LogP contribution in [0, 0.1) is 11.6 Å². The molecule has 1 nitrogen and oxygen atoms in total. The van der Waals surface area contributed by atoms with Gasteiger partial charge in [-0.05, 0) is 42.7 Å². The first-order valence-corrected chi connectivity index (χ1v) is 6.48. The summed E-state index contributed by atoms with van der Waals surface area (Å²) in [4.78, 5) is 13.0. The Kier molecular flexibility index (Phi) is 3.77. The van der Waals surface area contributed by atoms with E-state index in [-0.39, 0.29) is 5.56 Å². The summed E-state index contributed by atoms with van der Waals surface area (Å²) >= 11 is 1.53. The highest BCUT2D eigenvalue weighted by atomic mass is 32.2. The first-order chi connectivity index (χ1) is 8.63. The van der Waals surface area contributed by atoms with Crippen LogP contribution in [-0.4, -0.2) is 12.0 Å². The largest absolute Gasteiger partial charge is 0.288 e. The predicted molar refractivity (Wildman–Crippen MR) is 68.0 cm³/mol. The van der Waals surface area contributed by atoms with Gasteiger partial charge in [0.25, 0.3) is 0 Å². The molecular weight excluding hydrogens is 254 g/mol. The van der Waals surface area contributed by atoms with E-state index in [4.69, 9.17) is 0 Å². The summed E-state index contributed by atoms with van der Waals surface area (Å²) in [7, 11) is 0. The Morgan fingerprint density at radius 1 is 1.00 bits per heavy atom. The molecule has 2 aromatic rings. The second kappa shape index (κ2) is 5.31. The van der Waals surface area contributed by atoms with Gasteiger partial charge in [0.1, 0.15) is 11.6 Å². The Morgan fingerprint density at radius 3 is 2.06 bits per heavy atom. The second-order valence-corrected chi connectivity index (χ2v) is 4.53. The summed E-state index contributed by atoms with van der Waals surface area (Å²) in [6, 6.07) is 10.0. The fraction of sp³-hybridized carbons (Fsp3) is 0.0714. The minimum atomic E-state index is -0.839. The van der Waals surface area contributed by atoms with Crippen molar-refractivity contribution in [3.8, 4) is 0 Å². The van der Waals surface area contributed by atoms with Crippen molar-refractivity contribution < 1.29 is 13.6 Å². The highest BCUT2D eigenvalue weighted by molar-refractivity contribution is 7.98.